The van der Waals surface area contributed by atoms with Gasteiger partial charge >= 0.3 is 12.1 Å². The van der Waals surface area contributed by atoms with E-state index in [2.05, 4.69) is 29.3 Å². The predicted molar refractivity (Wildman–Crippen MR) is 60.3 cm³/mol. The van der Waals surface area contributed by atoms with Crippen LogP contribution in [0.25, 0.3) is 0 Å². The van der Waals surface area contributed by atoms with Gasteiger partial charge in [0.25, 0.3) is 0 Å². The van der Waals surface area contributed by atoms with E-state index in [9.17, 15) is 13.2 Å². The lowest BCUT2D eigenvalue weighted by Crippen LogP contribution is -2.54. The number of hydrogen-bond donors (Lipinski definition) is 2. The van der Waals surface area contributed by atoms with Crippen LogP contribution in [0.4, 0.5) is 13.2 Å². The lowest BCUT2D eigenvalue weighted by Gasteiger charge is -2.40. The molecule has 1 aliphatic heterocycles. The van der Waals surface area contributed by atoms with E-state index in [1.165, 1.54) is 13.0 Å². The van der Waals surface area contributed by atoms with Crippen LogP contribution in [0.5, 0.6) is 0 Å². The topological polar surface area (TPSA) is 52.6 Å². The number of rotatable bonds is 1. The van der Waals surface area contributed by atoms with Gasteiger partial charge in [0.15, 0.2) is 0 Å². The van der Waals surface area contributed by atoms with Gasteiger partial charge in [0.2, 0.25) is 0 Å². The van der Waals surface area contributed by atoms with E-state index >= 15 is 0 Å². The van der Waals surface area contributed by atoms with Crippen molar-refractivity contribution in [2.45, 2.75) is 31.6 Å². The average Bonchev–Trinajstić information content (AvgIpc) is 2.18. The largest absolute Gasteiger partial charge is 0.490 e. The van der Waals surface area contributed by atoms with Crippen molar-refractivity contribution in [3.63, 3.8) is 0 Å². The average molecular weight is 266 g/mol. The predicted octanol–water partition coefficient (Wildman–Crippen LogP) is 1.24. The molecule has 0 amide bonds. The molecule has 0 saturated carbocycles. The highest BCUT2D eigenvalue weighted by Crippen LogP contribution is 2.19. The number of nitrogens with zero attached hydrogens (tertiary/aromatic N) is 1. The summed E-state index contributed by atoms with van der Waals surface area (Å²) in [5.74, 6) is -2.76. The maximum absolute atomic E-state index is 10.6. The molecule has 1 saturated heterocycles. The molecular weight excluding hydrogens is 249 g/mol. The number of carboxylic acid groups (broad SMARTS) is 1. The van der Waals surface area contributed by atoms with Gasteiger partial charge in [-0.25, -0.2) is 4.79 Å². The lowest BCUT2D eigenvalue weighted by molar-refractivity contribution is -0.192. The van der Waals surface area contributed by atoms with Crippen molar-refractivity contribution >= 4 is 5.97 Å². The first-order valence-corrected chi connectivity index (χ1v) is 5.75. The normalized spacial score (nSPS) is 28.0. The number of alkyl halides is 3. The van der Waals surface area contributed by atoms with Crippen LogP contribution in [0.1, 0.15) is 13.3 Å². The van der Waals surface area contributed by atoms with Crippen LogP contribution in [-0.4, -0.2) is 53.9 Å². The lowest BCUT2D eigenvalue weighted by atomic mass is 9.99. The third kappa shape index (κ3) is 4.30. The summed E-state index contributed by atoms with van der Waals surface area (Å²) in [5.41, 5.74) is 0. The summed E-state index contributed by atoms with van der Waals surface area (Å²) in [6.07, 6.45) is 0.769. The highest BCUT2D eigenvalue weighted by atomic mass is 19.4. The molecule has 1 aliphatic carbocycles. The van der Waals surface area contributed by atoms with Gasteiger partial charge in [-0.15, -0.1) is 0 Å². The molecule has 7 heteroatoms. The highest BCUT2D eigenvalue weighted by Gasteiger charge is 2.38. The third-order valence-corrected chi connectivity index (χ3v) is 2.96. The van der Waals surface area contributed by atoms with Crippen molar-refractivity contribution in [1.82, 2.24) is 10.2 Å². The number of carboxylic acids is 1. The van der Waals surface area contributed by atoms with Crippen molar-refractivity contribution in [2.75, 3.05) is 19.6 Å². The van der Waals surface area contributed by atoms with Crippen LogP contribution in [0.15, 0.2) is 12.2 Å². The second-order valence-corrected chi connectivity index (χ2v) is 4.33. The summed E-state index contributed by atoms with van der Waals surface area (Å²) < 4.78 is 31.7. The molecule has 0 radical (unpaired) electrons. The molecule has 0 aromatic heterocycles. The SMILES string of the molecule is C[C@@H]1CNCCN1C1C=CC1.O=C(O)C(F)(F)F. The Balaban J connectivity index is 0.000000203. The Morgan fingerprint density at radius 2 is 2.06 bits per heavy atom. The number of carbonyl (C=O) groups is 1. The molecule has 2 aliphatic rings. The van der Waals surface area contributed by atoms with Crippen molar-refractivity contribution in [3.05, 3.63) is 12.2 Å². The van der Waals surface area contributed by atoms with Gasteiger partial charge in [0.1, 0.15) is 0 Å². The van der Waals surface area contributed by atoms with Crippen molar-refractivity contribution in [1.29, 1.82) is 0 Å². The summed E-state index contributed by atoms with van der Waals surface area (Å²) in [7, 11) is 0. The fourth-order valence-corrected chi connectivity index (χ4v) is 1.85. The van der Waals surface area contributed by atoms with E-state index in [4.69, 9.17) is 9.90 Å². The summed E-state index contributed by atoms with van der Waals surface area (Å²) in [6, 6.07) is 1.48. The Hall–Kier alpha value is -1.08. The second-order valence-electron chi connectivity index (χ2n) is 4.33. The zero-order valence-corrected chi connectivity index (χ0v) is 10.1. The van der Waals surface area contributed by atoms with Crippen LogP contribution in [-0.2, 0) is 4.79 Å². The van der Waals surface area contributed by atoms with E-state index in [1.807, 2.05) is 0 Å². The van der Waals surface area contributed by atoms with Gasteiger partial charge in [-0.2, -0.15) is 13.2 Å². The first-order valence-electron chi connectivity index (χ1n) is 5.75. The molecular formula is C11H17F3N2O2. The van der Waals surface area contributed by atoms with E-state index in [1.54, 1.807) is 0 Å². The molecule has 0 bridgehead atoms. The first kappa shape index (κ1) is 15.0. The Morgan fingerprint density at radius 3 is 2.39 bits per heavy atom. The van der Waals surface area contributed by atoms with E-state index < -0.39 is 12.1 Å². The first-order chi connectivity index (χ1) is 8.32. The van der Waals surface area contributed by atoms with Crippen molar-refractivity contribution in [3.8, 4) is 0 Å². The molecule has 0 spiro atoms. The van der Waals surface area contributed by atoms with Crippen LogP contribution in [0.3, 0.4) is 0 Å². The molecule has 1 fully saturated rings. The smallest absolute Gasteiger partial charge is 0.475 e. The van der Waals surface area contributed by atoms with Gasteiger partial charge < -0.3 is 10.4 Å². The monoisotopic (exact) mass is 266 g/mol. The van der Waals surface area contributed by atoms with Gasteiger partial charge in [-0.1, -0.05) is 12.2 Å². The zero-order chi connectivity index (χ0) is 13.8. The van der Waals surface area contributed by atoms with Crippen LogP contribution >= 0.6 is 0 Å². The highest BCUT2D eigenvalue weighted by molar-refractivity contribution is 5.73. The molecule has 2 N–H and O–H groups in total. The van der Waals surface area contributed by atoms with Gasteiger partial charge in [-0.3, -0.25) is 4.90 Å². The third-order valence-electron chi connectivity index (χ3n) is 2.96. The standard InChI is InChI=1S/C9H16N2.C2HF3O2/c1-8-7-10-5-6-11(8)9-3-2-4-9;3-2(4,5)1(6)7/h2-3,8-10H,4-7H2,1H3;(H,6,7)/t8-,9?;/m1./s1. The Kier molecular flexibility index (Phi) is 5.15. The van der Waals surface area contributed by atoms with Crippen molar-refractivity contribution < 1.29 is 23.1 Å². The quantitative estimate of drug-likeness (QED) is 0.701. The zero-order valence-electron chi connectivity index (χ0n) is 10.1. The fourth-order valence-electron chi connectivity index (χ4n) is 1.85. The minimum Gasteiger partial charge on any atom is -0.475 e. The van der Waals surface area contributed by atoms with Gasteiger partial charge in [-0.05, 0) is 13.3 Å². The summed E-state index contributed by atoms with van der Waals surface area (Å²) in [5, 5.41) is 10.5. The minimum absolute atomic E-state index is 0.721. The molecule has 1 heterocycles. The van der Waals surface area contributed by atoms with Crippen LogP contribution < -0.4 is 5.32 Å². The fraction of sp³-hybridized carbons (Fsp3) is 0.727. The number of nitrogens with one attached hydrogen (secondary N) is 1. The van der Waals surface area contributed by atoms with E-state index in [-0.39, 0.29) is 0 Å². The Bertz CT molecular complexity index is 318. The molecule has 18 heavy (non-hydrogen) atoms. The second kappa shape index (κ2) is 6.19. The number of piperazine rings is 1. The Morgan fingerprint density at radius 1 is 1.50 bits per heavy atom. The molecule has 2 rings (SSSR count). The summed E-state index contributed by atoms with van der Waals surface area (Å²) in [6.45, 7) is 5.84. The summed E-state index contributed by atoms with van der Waals surface area (Å²) >= 11 is 0. The van der Waals surface area contributed by atoms with Gasteiger partial charge in [0, 0.05) is 31.7 Å². The number of aliphatic carboxylic acids is 1. The maximum Gasteiger partial charge on any atom is 0.490 e. The molecule has 104 valence electrons. The molecule has 0 aromatic rings. The Labute approximate surface area is 103 Å². The van der Waals surface area contributed by atoms with Crippen molar-refractivity contribution in [2.24, 2.45) is 0 Å². The maximum atomic E-state index is 10.6. The summed E-state index contributed by atoms with van der Waals surface area (Å²) in [4.78, 5) is 11.5. The molecule has 1 unspecified atom stereocenters. The molecule has 4 nitrogen and oxygen atoms in total. The van der Waals surface area contributed by atoms with Gasteiger partial charge in [0.05, 0.1) is 0 Å². The number of hydrogen-bond acceptors (Lipinski definition) is 3. The van der Waals surface area contributed by atoms with E-state index in [0.29, 0.717) is 0 Å². The van der Waals surface area contributed by atoms with E-state index in [0.717, 1.165) is 25.2 Å². The van der Waals surface area contributed by atoms with Crippen LogP contribution in [0.2, 0.25) is 0 Å². The molecule has 2 atom stereocenters. The minimum atomic E-state index is -5.08. The molecule has 0 aromatic carbocycles. The van der Waals surface area contributed by atoms with Crippen LogP contribution in [0, 0.1) is 0 Å². The number of halogens is 3.